The van der Waals surface area contributed by atoms with Crippen molar-refractivity contribution in [2.24, 2.45) is 0 Å². The van der Waals surface area contributed by atoms with Gasteiger partial charge in [0.05, 0.1) is 0 Å². The second kappa shape index (κ2) is 5.77. The molecule has 1 atom stereocenters. The van der Waals surface area contributed by atoms with Gasteiger partial charge in [0.25, 0.3) is 5.91 Å². The smallest absolute Gasteiger partial charge is 0.268 e. The number of nitrogens with one attached hydrogen (secondary N) is 1. The van der Waals surface area contributed by atoms with E-state index in [1.165, 1.54) is 19.3 Å². The van der Waals surface area contributed by atoms with Crippen LogP contribution in [0.1, 0.15) is 55.6 Å². The number of carbonyl (C=O) groups is 1. The van der Waals surface area contributed by atoms with Gasteiger partial charge in [-0.15, -0.1) is 12.3 Å². The van der Waals surface area contributed by atoms with Crippen molar-refractivity contribution >= 4 is 5.91 Å². The highest BCUT2D eigenvalue weighted by atomic mass is 16.2. The summed E-state index contributed by atoms with van der Waals surface area (Å²) >= 11 is 0. The van der Waals surface area contributed by atoms with Crippen molar-refractivity contribution in [2.45, 2.75) is 51.1 Å². The zero-order valence-electron chi connectivity index (χ0n) is 10.9. The zero-order chi connectivity index (χ0) is 13.0. The van der Waals surface area contributed by atoms with Crippen LogP contribution in [0, 0.1) is 12.3 Å². The van der Waals surface area contributed by atoms with E-state index < -0.39 is 0 Å². The lowest BCUT2D eigenvalue weighted by atomic mass is 9.93. The Morgan fingerprint density at radius 3 is 3.00 bits per heavy atom. The highest BCUT2D eigenvalue weighted by molar-refractivity contribution is 5.93. The van der Waals surface area contributed by atoms with Gasteiger partial charge >= 0.3 is 0 Å². The van der Waals surface area contributed by atoms with E-state index in [2.05, 4.69) is 15.8 Å². The molecule has 2 rings (SSSR count). The number of rotatable bonds is 5. The molecule has 18 heavy (non-hydrogen) atoms. The number of carbonyl (C=O) groups excluding carboxylic acids is 1. The lowest BCUT2D eigenvalue weighted by Gasteiger charge is -2.29. The number of aromatic nitrogens is 1. The fraction of sp³-hybridized carbons (Fsp3) is 0.533. The maximum absolute atomic E-state index is 12.2. The molecule has 0 saturated heterocycles. The Labute approximate surface area is 109 Å². The lowest BCUT2D eigenvalue weighted by molar-refractivity contribution is 0.0921. The van der Waals surface area contributed by atoms with E-state index in [0.29, 0.717) is 12.5 Å². The molecule has 0 aliphatic heterocycles. The SMILES string of the molecule is C#CCC(CC)NC(=O)c1cccn1C1CCC1. The number of nitrogens with zero attached hydrogens (tertiary/aromatic N) is 1. The van der Waals surface area contributed by atoms with Crippen molar-refractivity contribution in [1.82, 2.24) is 9.88 Å². The first kappa shape index (κ1) is 12.8. The molecule has 1 aliphatic carbocycles. The van der Waals surface area contributed by atoms with Gasteiger partial charge in [-0.2, -0.15) is 0 Å². The third kappa shape index (κ3) is 2.59. The molecule has 1 aliphatic rings. The van der Waals surface area contributed by atoms with E-state index >= 15 is 0 Å². The van der Waals surface area contributed by atoms with E-state index in [4.69, 9.17) is 6.42 Å². The Kier molecular flexibility index (Phi) is 4.09. The summed E-state index contributed by atoms with van der Waals surface area (Å²) in [6.45, 7) is 2.03. The minimum Gasteiger partial charge on any atom is -0.347 e. The number of terminal acetylenes is 1. The summed E-state index contributed by atoms with van der Waals surface area (Å²) in [4.78, 5) is 12.2. The maximum Gasteiger partial charge on any atom is 0.268 e. The number of hydrogen-bond donors (Lipinski definition) is 1. The Balaban J connectivity index is 2.04. The summed E-state index contributed by atoms with van der Waals surface area (Å²) in [5.41, 5.74) is 0.759. The third-order valence-electron chi connectivity index (χ3n) is 3.67. The first-order valence-corrected chi connectivity index (χ1v) is 6.67. The molecular formula is C15H20N2O. The van der Waals surface area contributed by atoms with E-state index in [0.717, 1.165) is 12.1 Å². The maximum atomic E-state index is 12.2. The molecule has 1 heterocycles. The van der Waals surface area contributed by atoms with Gasteiger partial charge in [-0.1, -0.05) is 6.92 Å². The van der Waals surface area contributed by atoms with Gasteiger partial charge in [0.1, 0.15) is 5.69 Å². The molecule has 96 valence electrons. The molecular weight excluding hydrogens is 224 g/mol. The quantitative estimate of drug-likeness (QED) is 0.794. The normalized spacial score (nSPS) is 16.7. The Morgan fingerprint density at radius 1 is 1.67 bits per heavy atom. The molecule has 0 spiro atoms. The van der Waals surface area contributed by atoms with E-state index in [1.807, 2.05) is 25.3 Å². The molecule has 3 heteroatoms. The van der Waals surface area contributed by atoms with Crippen LogP contribution < -0.4 is 5.32 Å². The Hall–Kier alpha value is -1.69. The van der Waals surface area contributed by atoms with Crippen molar-refractivity contribution in [2.75, 3.05) is 0 Å². The average molecular weight is 244 g/mol. The predicted octanol–water partition coefficient (Wildman–Crippen LogP) is 2.74. The molecule has 0 aromatic carbocycles. The van der Waals surface area contributed by atoms with Crippen LogP contribution in [0.25, 0.3) is 0 Å². The van der Waals surface area contributed by atoms with Crippen molar-refractivity contribution in [1.29, 1.82) is 0 Å². The average Bonchev–Trinajstić information content (AvgIpc) is 2.75. The van der Waals surface area contributed by atoms with Gasteiger partial charge in [-0.25, -0.2) is 0 Å². The van der Waals surface area contributed by atoms with Crippen LogP contribution in [-0.4, -0.2) is 16.5 Å². The third-order valence-corrected chi connectivity index (χ3v) is 3.67. The topological polar surface area (TPSA) is 34.0 Å². The van der Waals surface area contributed by atoms with E-state index in [1.54, 1.807) is 0 Å². The first-order chi connectivity index (χ1) is 8.76. The van der Waals surface area contributed by atoms with Crippen LogP contribution in [-0.2, 0) is 0 Å². The Bertz CT molecular complexity index is 451. The molecule has 1 saturated carbocycles. The van der Waals surface area contributed by atoms with Gasteiger partial charge in [-0.3, -0.25) is 4.79 Å². The van der Waals surface area contributed by atoms with Crippen LogP contribution in [0.15, 0.2) is 18.3 Å². The van der Waals surface area contributed by atoms with Crippen LogP contribution in [0.4, 0.5) is 0 Å². The molecule has 3 nitrogen and oxygen atoms in total. The lowest BCUT2D eigenvalue weighted by Crippen LogP contribution is -2.36. The van der Waals surface area contributed by atoms with Gasteiger partial charge in [0, 0.05) is 24.7 Å². The van der Waals surface area contributed by atoms with Crippen molar-refractivity contribution in [3.63, 3.8) is 0 Å². The van der Waals surface area contributed by atoms with Crippen molar-refractivity contribution in [3.05, 3.63) is 24.0 Å². The molecule has 0 radical (unpaired) electrons. The largest absolute Gasteiger partial charge is 0.347 e. The van der Waals surface area contributed by atoms with Gasteiger partial charge in [0.2, 0.25) is 0 Å². The van der Waals surface area contributed by atoms with Gasteiger partial charge in [-0.05, 0) is 37.8 Å². The van der Waals surface area contributed by atoms with Crippen molar-refractivity contribution < 1.29 is 4.79 Å². The monoisotopic (exact) mass is 244 g/mol. The molecule has 1 amide bonds. The second-order valence-corrected chi connectivity index (χ2v) is 4.87. The number of hydrogen-bond acceptors (Lipinski definition) is 1. The minimum absolute atomic E-state index is 0.00556. The van der Waals surface area contributed by atoms with E-state index in [-0.39, 0.29) is 11.9 Å². The molecule has 1 unspecified atom stereocenters. The zero-order valence-corrected chi connectivity index (χ0v) is 10.9. The fourth-order valence-corrected chi connectivity index (χ4v) is 2.27. The summed E-state index contributed by atoms with van der Waals surface area (Å²) in [6.07, 6.45) is 12.4. The van der Waals surface area contributed by atoms with Crippen LogP contribution in [0.3, 0.4) is 0 Å². The fourth-order valence-electron chi connectivity index (χ4n) is 2.27. The van der Waals surface area contributed by atoms with Gasteiger partial charge < -0.3 is 9.88 Å². The molecule has 1 fully saturated rings. The summed E-state index contributed by atoms with van der Waals surface area (Å²) in [5.74, 6) is 2.60. The van der Waals surface area contributed by atoms with Crippen LogP contribution >= 0.6 is 0 Å². The van der Waals surface area contributed by atoms with Gasteiger partial charge in [0.15, 0.2) is 0 Å². The minimum atomic E-state index is -0.00556. The standard InChI is InChI=1S/C15H20N2O/c1-3-7-12(4-2)16-15(18)14-10-6-11-17(14)13-8-5-9-13/h1,6,10-13H,4-5,7-9H2,2H3,(H,16,18). The van der Waals surface area contributed by atoms with Crippen LogP contribution in [0.2, 0.25) is 0 Å². The first-order valence-electron chi connectivity index (χ1n) is 6.67. The number of amides is 1. The molecule has 1 N–H and O–H groups in total. The summed E-state index contributed by atoms with van der Waals surface area (Å²) < 4.78 is 2.10. The van der Waals surface area contributed by atoms with Crippen LogP contribution in [0.5, 0.6) is 0 Å². The summed E-state index contributed by atoms with van der Waals surface area (Å²) in [7, 11) is 0. The highest BCUT2D eigenvalue weighted by Crippen LogP contribution is 2.32. The molecule has 1 aromatic heterocycles. The molecule has 1 aromatic rings. The summed E-state index contributed by atoms with van der Waals surface area (Å²) in [6, 6.07) is 4.41. The predicted molar refractivity (Wildman–Crippen MR) is 72.3 cm³/mol. The van der Waals surface area contributed by atoms with E-state index in [9.17, 15) is 4.79 Å². The van der Waals surface area contributed by atoms with Crippen molar-refractivity contribution in [3.8, 4) is 12.3 Å². The summed E-state index contributed by atoms with van der Waals surface area (Å²) in [5, 5.41) is 3.01. The second-order valence-electron chi connectivity index (χ2n) is 4.87. The highest BCUT2D eigenvalue weighted by Gasteiger charge is 2.23. The Morgan fingerprint density at radius 2 is 2.44 bits per heavy atom. The molecule has 0 bridgehead atoms.